The van der Waals surface area contributed by atoms with Crippen molar-refractivity contribution in [1.29, 1.82) is 0 Å². The minimum Gasteiger partial charge on any atom is -0.339 e. The summed E-state index contributed by atoms with van der Waals surface area (Å²) in [6.45, 7) is 2.71. The number of hydrogen-bond donors (Lipinski definition) is 1. The molecule has 1 N–H and O–H groups in total. The summed E-state index contributed by atoms with van der Waals surface area (Å²) in [5.41, 5.74) is 0. The highest BCUT2D eigenvalue weighted by Crippen LogP contribution is 2.40. The zero-order valence-corrected chi connectivity index (χ0v) is 12.6. The summed E-state index contributed by atoms with van der Waals surface area (Å²) >= 11 is 0. The normalized spacial score (nSPS) is 15.7. The Morgan fingerprint density at radius 3 is 3.04 bits per heavy atom. The van der Waals surface area contributed by atoms with Crippen LogP contribution in [0.3, 0.4) is 0 Å². The summed E-state index contributed by atoms with van der Waals surface area (Å²) in [7, 11) is 0. The molecule has 0 radical (unpaired) electrons. The van der Waals surface area contributed by atoms with Crippen LogP contribution in [0, 0.1) is 5.92 Å². The van der Waals surface area contributed by atoms with Crippen LogP contribution >= 0.6 is 0 Å². The molecule has 0 aromatic carbocycles. The molecule has 3 heterocycles. The number of aryl methyl sites for hydroxylation is 1. The van der Waals surface area contributed by atoms with Gasteiger partial charge < -0.3 is 5.32 Å². The van der Waals surface area contributed by atoms with Crippen LogP contribution < -0.4 is 5.32 Å². The van der Waals surface area contributed by atoms with Crippen LogP contribution in [0.2, 0.25) is 0 Å². The summed E-state index contributed by atoms with van der Waals surface area (Å²) in [5, 5.41) is 11.4. The molecule has 1 atom stereocenters. The van der Waals surface area contributed by atoms with Gasteiger partial charge in [-0.1, -0.05) is 0 Å². The second-order valence-electron chi connectivity index (χ2n) is 5.52. The molecule has 0 unspecified atom stereocenters. The number of nitrogens with one attached hydrogen (secondary N) is 1. The molecule has 0 spiro atoms. The number of rotatable bonds is 5. The molecular formula is C14H16N8O. The van der Waals surface area contributed by atoms with Crippen LogP contribution in [0.4, 0.5) is 0 Å². The van der Waals surface area contributed by atoms with Crippen molar-refractivity contribution in [1.82, 2.24) is 39.7 Å². The van der Waals surface area contributed by atoms with E-state index in [0.717, 1.165) is 18.7 Å². The van der Waals surface area contributed by atoms with Gasteiger partial charge >= 0.3 is 0 Å². The second-order valence-corrected chi connectivity index (χ2v) is 5.52. The third-order valence-corrected chi connectivity index (χ3v) is 3.92. The Morgan fingerprint density at radius 2 is 2.30 bits per heavy atom. The van der Waals surface area contributed by atoms with Crippen LogP contribution in [-0.2, 0) is 6.54 Å². The number of nitrogens with zero attached hydrogens (tertiary/aromatic N) is 7. The van der Waals surface area contributed by atoms with Gasteiger partial charge in [0.15, 0.2) is 0 Å². The van der Waals surface area contributed by atoms with Crippen molar-refractivity contribution in [3.8, 4) is 0 Å². The van der Waals surface area contributed by atoms with Crippen molar-refractivity contribution >= 4 is 11.7 Å². The highest BCUT2D eigenvalue weighted by Gasteiger charge is 2.37. The van der Waals surface area contributed by atoms with Gasteiger partial charge in [0.1, 0.15) is 12.2 Å². The predicted molar refractivity (Wildman–Crippen MR) is 79.4 cm³/mol. The number of aromatic nitrogens is 7. The molecule has 1 aliphatic carbocycles. The number of carbonyl (C=O) groups is 1. The molecule has 1 saturated carbocycles. The minimum absolute atomic E-state index is 0.108. The van der Waals surface area contributed by atoms with Crippen molar-refractivity contribution in [2.75, 3.05) is 0 Å². The first-order chi connectivity index (χ1) is 11.3. The third-order valence-electron chi connectivity index (χ3n) is 3.92. The van der Waals surface area contributed by atoms with Crippen molar-refractivity contribution in [2.24, 2.45) is 5.92 Å². The first kappa shape index (κ1) is 13.8. The number of fused-ring (bicyclic) bond motifs is 1. The monoisotopic (exact) mass is 312 g/mol. The van der Waals surface area contributed by atoms with Crippen LogP contribution in [0.5, 0.6) is 0 Å². The van der Waals surface area contributed by atoms with Gasteiger partial charge in [-0.25, -0.2) is 19.2 Å². The highest BCUT2D eigenvalue weighted by molar-refractivity contribution is 5.91. The van der Waals surface area contributed by atoms with E-state index < -0.39 is 0 Å². The molecule has 1 fully saturated rings. The van der Waals surface area contributed by atoms with E-state index in [1.807, 2.05) is 11.6 Å². The van der Waals surface area contributed by atoms with Gasteiger partial charge in [0.2, 0.25) is 5.82 Å². The van der Waals surface area contributed by atoms with E-state index in [9.17, 15) is 4.79 Å². The first-order valence-corrected chi connectivity index (χ1v) is 7.62. The maximum Gasteiger partial charge on any atom is 0.291 e. The zero-order chi connectivity index (χ0) is 15.8. The van der Waals surface area contributed by atoms with Gasteiger partial charge in [-0.15, -0.1) is 5.10 Å². The maximum absolute atomic E-state index is 12.5. The molecule has 118 valence electrons. The van der Waals surface area contributed by atoms with Crippen LogP contribution in [0.15, 0.2) is 24.8 Å². The Kier molecular flexibility index (Phi) is 3.25. The van der Waals surface area contributed by atoms with Crippen molar-refractivity contribution < 1.29 is 4.79 Å². The molecule has 1 aliphatic rings. The predicted octanol–water partition coefficient (Wildman–Crippen LogP) is 0.617. The Balaban J connectivity index is 1.60. The Hall–Kier alpha value is -2.84. The molecule has 1 amide bonds. The Labute approximate surface area is 131 Å². The molecule has 9 nitrogen and oxygen atoms in total. The van der Waals surface area contributed by atoms with Gasteiger partial charge in [-0.2, -0.15) is 10.1 Å². The van der Waals surface area contributed by atoms with E-state index in [-0.39, 0.29) is 17.8 Å². The Bertz CT molecular complexity index is 816. The van der Waals surface area contributed by atoms with E-state index in [1.165, 1.54) is 10.8 Å². The van der Waals surface area contributed by atoms with Crippen molar-refractivity contribution in [3.63, 3.8) is 0 Å². The van der Waals surface area contributed by atoms with E-state index in [1.54, 1.807) is 18.5 Å². The van der Waals surface area contributed by atoms with E-state index in [2.05, 4.69) is 30.5 Å². The molecule has 4 rings (SSSR count). The number of carbonyl (C=O) groups excluding carboxylic acids is 1. The zero-order valence-electron chi connectivity index (χ0n) is 12.6. The molecular weight excluding hydrogens is 296 g/mol. The smallest absolute Gasteiger partial charge is 0.291 e. The van der Waals surface area contributed by atoms with Gasteiger partial charge in [-0.3, -0.25) is 4.79 Å². The van der Waals surface area contributed by atoms with E-state index in [0.29, 0.717) is 18.2 Å². The van der Waals surface area contributed by atoms with Gasteiger partial charge in [0.25, 0.3) is 11.7 Å². The second kappa shape index (κ2) is 5.41. The summed E-state index contributed by atoms with van der Waals surface area (Å²) in [6, 6.07) is 1.57. The topological polar surface area (TPSA) is 103 Å². The summed E-state index contributed by atoms with van der Waals surface area (Å²) in [4.78, 5) is 25.1. The third kappa shape index (κ3) is 2.54. The molecule has 3 aromatic rings. The lowest BCUT2D eigenvalue weighted by Gasteiger charge is -2.17. The van der Waals surface area contributed by atoms with Crippen molar-refractivity contribution in [3.05, 3.63) is 36.4 Å². The van der Waals surface area contributed by atoms with E-state index >= 15 is 0 Å². The largest absolute Gasteiger partial charge is 0.339 e. The average Bonchev–Trinajstić information content (AvgIpc) is 3.13. The minimum atomic E-state index is -0.321. The fourth-order valence-corrected chi connectivity index (χ4v) is 2.62. The summed E-state index contributed by atoms with van der Waals surface area (Å²) in [6.07, 6.45) is 6.98. The molecule has 0 saturated heterocycles. The quantitative estimate of drug-likeness (QED) is 0.740. The van der Waals surface area contributed by atoms with Crippen LogP contribution in [0.25, 0.3) is 5.78 Å². The standard InChI is InChI=1S/C14H16N8O/c1-2-21-12(16-8-17-21)10(9-4-5-9)18-13(23)11-19-14-15-6-3-7-22(14)20-11/h3,6-10H,2,4-5H2,1H3,(H,18,23)/t10-/m0/s1. The molecule has 0 aliphatic heterocycles. The van der Waals surface area contributed by atoms with E-state index in [4.69, 9.17) is 0 Å². The van der Waals surface area contributed by atoms with Gasteiger partial charge in [0, 0.05) is 18.9 Å². The highest BCUT2D eigenvalue weighted by atomic mass is 16.2. The average molecular weight is 312 g/mol. The summed E-state index contributed by atoms with van der Waals surface area (Å²) < 4.78 is 3.29. The molecule has 3 aromatic heterocycles. The first-order valence-electron chi connectivity index (χ1n) is 7.62. The fraction of sp³-hybridized carbons (Fsp3) is 0.429. The molecule has 9 heteroatoms. The lowest BCUT2D eigenvalue weighted by molar-refractivity contribution is 0.0918. The SMILES string of the molecule is CCn1ncnc1[C@@H](NC(=O)c1nc2ncccn2n1)C1CC1. The molecule has 0 bridgehead atoms. The summed E-state index contributed by atoms with van der Waals surface area (Å²) in [5.74, 6) is 1.36. The molecule has 23 heavy (non-hydrogen) atoms. The number of hydrogen-bond acceptors (Lipinski definition) is 6. The fourth-order valence-electron chi connectivity index (χ4n) is 2.62. The Morgan fingerprint density at radius 1 is 1.43 bits per heavy atom. The van der Waals surface area contributed by atoms with Gasteiger partial charge in [-0.05, 0) is 31.7 Å². The lowest BCUT2D eigenvalue weighted by atomic mass is 10.1. The van der Waals surface area contributed by atoms with Crippen LogP contribution in [0.1, 0.15) is 42.3 Å². The number of amides is 1. The van der Waals surface area contributed by atoms with Crippen molar-refractivity contribution in [2.45, 2.75) is 32.4 Å². The van der Waals surface area contributed by atoms with Gasteiger partial charge in [0.05, 0.1) is 6.04 Å². The maximum atomic E-state index is 12.5. The lowest BCUT2D eigenvalue weighted by Crippen LogP contribution is -2.32. The van der Waals surface area contributed by atoms with Crippen LogP contribution in [-0.4, -0.2) is 40.3 Å².